The van der Waals surface area contributed by atoms with Gasteiger partial charge in [-0.3, -0.25) is 19.3 Å². The van der Waals surface area contributed by atoms with E-state index in [1.165, 1.54) is 17.0 Å². The van der Waals surface area contributed by atoms with Crippen LogP contribution in [0, 0.1) is 35.5 Å². The maximum absolute atomic E-state index is 13.4. The van der Waals surface area contributed by atoms with Crippen LogP contribution in [0.4, 0.5) is 5.69 Å². The molecule has 5 nitrogen and oxygen atoms in total. The number of hydrogen-bond donors (Lipinski definition) is 0. The molecule has 0 bridgehead atoms. The molecule has 0 aromatic heterocycles. The van der Waals surface area contributed by atoms with Crippen molar-refractivity contribution >= 4 is 46.5 Å². The van der Waals surface area contributed by atoms with Gasteiger partial charge in [-0.25, -0.2) is 0 Å². The summed E-state index contributed by atoms with van der Waals surface area (Å²) >= 11 is 11.9. The van der Waals surface area contributed by atoms with Gasteiger partial charge in [0.05, 0.1) is 17.5 Å². The molecule has 2 aromatic rings. The second-order valence-electron chi connectivity index (χ2n) is 9.45. The van der Waals surface area contributed by atoms with Gasteiger partial charge in [-0.05, 0) is 79.5 Å². The zero-order valence-corrected chi connectivity index (χ0v) is 20.4. The number of Topliss-reactive ketones (excluding diaryl/α,β-unsaturated/α-hetero) is 1. The van der Waals surface area contributed by atoms with Crippen molar-refractivity contribution < 1.29 is 19.1 Å². The lowest BCUT2D eigenvalue weighted by molar-refractivity contribution is -0.124. The zero-order valence-electron chi connectivity index (χ0n) is 18.9. The van der Waals surface area contributed by atoms with Gasteiger partial charge in [-0.1, -0.05) is 42.3 Å². The summed E-state index contributed by atoms with van der Waals surface area (Å²) in [5.74, 6) is 0.803. The average Bonchev–Trinajstić information content (AvgIpc) is 3.56. The number of hydrogen-bond acceptors (Lipinski definition) is 4. The van der Waals surface area contributed by atoms with Crippen molar-refractivity contribution in [3.63, 3.8) is 0 Å². The van der Waals surface area contributed by atoms with Crippen LogP contribution in [0.1, 0.15) is 30.6 Å². The first-order valence-corrected chi connectivity index (χ1v) is 12.3. The highest BCUT2D eigenvalue weighted by Gasteiger charge is 2.64. The second kappa shape index (κ2) is 8.86. The first-order valence-electron chi connectivity index (χ1n) is 11.5. The van der Waals surface area contributed by atoms with Gasteiger partial charge in [0.15, 0.2) is 12.4 Å². The summed E-state index contributed by atoms with van der Waals surface area (Å²) < 4.78 is 5.62. The molecule has 0 N–H and O–H groups in total. The number of carbonyl (C=O) groups is 3. The highest BCUT2D eigenvalue weighted by molar-refractivity contribution is 6.35. The van der Waals surface area contributed by atoms with Crippen LogP contribution in [-0.2, 0) is 9.59 Å². The van der Waals surface area contributed by atoms with E-state index in [4.69, 9.17) is 27.9 Å². The topological polar surface area (TPSA) is 63.7 Å². The van der Waals surface area contributed by atoms with Crippen molar-refractivity contribution in [1.29, 1.82) is 0 Å². The fraction of sp³-hybridized carbons (Fsp3) is 0.370. The fourth-order valence-corrected chi connectivity index (χ4v) is 6.39. The minimum Gasteiger partial charge on any atom is -0.485 e. The maximum atomic E-state index is 13.4. The molecule has 0 radical (unpaired) electrons. The Hall–Kier alpha value is -2.63. The lowest BCUT2D eigenvalue weighted by Crippen LogP contribution is -2.36. The van der Waals surface area contributed by atoms with E-state index in [1.807, 2.05) is 13.0 Å². The summed E-state index contributed by atoms with van der Waals surface area (Å²) in [6, 6.07) is 11.4. The quantitative estimate of drug-likeness (QED) is 0.285. The predicted octanol–water partition coefficient (Wildman–Crippen LogP) is 5.84. The van der Waals surface area contributed by atoms with E-state index in [0.29, 0.717) is 38.9 Å². The number of imide groups is 1. The van der Waals surface area contributed by atoms with Crippen molar-refractivity contribution in [2.24, 2.45) is 35.5 Å². The largest absolute Gasteiger partial charge is 0.485 e. The number of allylic oxidation sites excluding steroid dienone is 2. The van der Waals surface area contributed by atoms with Crippen LogP contribution < -0.4 is 9.64 Å². The van der Waals surface area contributed by atoms with Gasteiger partial charge in [-0.15, -0.1) is 0 Å². The number of amides is 2. The Morgan fingerprint density at radius 2 is 1.68 bits per heavy atom. The smallest absolute Gasteiger partial charge is 0.238 e. The van der Waals surface area contributed by atoms with Crippen molar-refractivity contribution in [2.45, 2.75) is 20.3 Å². The number of ether oxygens (including phenoxy) is 1. The molecule has 2 aliphatic carbocycles. The monoisotopic (exact) mass is 497 g/mol. The molecule has 3 fully saturated rings. The van der Waals surface area contributed by atoms with E-state index < -0.39 is 0 Å². The maximum Gasteiger partial charge on any atom is 0.238 e. The van der Waals surface area contributed by atoms with E-state index in [-0.39, 0.29) is 47.9 Å². The van der Waals surface area contributed by atoms with Crippen LogP contribution in [0.2, 0.25) is 10.0 Å². The van der Waals surface area contributed by atoms with Crippen LogP contribution in [0.3, 0.4) is 0 Å². The number of halogens is 2. The Kier molecular flexibility index (Phi) is 6.03. The van der Waals surface area contributed by atoms with Crippen molar-refractivity contribution in [1.82, 2.24) is 0 Å². The summed E-state index contributed by atoms with van der Waals surface area (Å²) in [5.41, 5.74) is 0.901. The van der Waals surface area contributed by atoms with Gasteiger partial charge >= 0.3 is 0 Å². The normalized spacial score (nSPS) is 29.8. The van der Waals surface area contributed by atoms with E-state index in [0.717, 1.165) is 6.42 Å². The molecule has 2 aromatic carbocycles. The number of nitrogens with zero attached hydrogens (tertiary/aromatic N) is 1. The molecule has 1 saturated heterocycles. The van der Waals surface area contributed by atoms with Crippen LogP contribution in [0.25, 0.3) is 0 Å². The number of benzene rings is 2. The molecule has 34 heavy (non-hydrogen) atoms. The molecular formula is C27H25Cl2NO4. The summed E-state index contributed by atoms with van der Waals surface area (Å²) in [7, 11) is 0. The minimum atomic E-state index is -0.291. The molecule has 176 valence electrons. The Balaban J connectivity index is 1.30. The molecule has 6 atom stereocenters. The van der Waals surface area contributed by atoms with E-state index >= 15 is 0 Å². The van der Waals surface area contributed by atoms with Crippen molar-refractivity contribution in [2.75, 3.05) is 11.5 Å². The number of rotatable bonds is 6. The highest BCUT2D eigenvalue weighted by Crippen LogP contribution is 2.62. The van der Waals surface area contributed by atoms with Gasteiger partial charge in [0.25, 0.3) is 0 Å². The Morgan fingerprint density at radius 3 is 2.32 bits per heavy atom. The standard InChI is InChI=1S/C27H25Cl2NO4/c1-3-4-20-22-12-21(22)14(2)24-25(20)27(33)30(26(24)32)18-5-7-19(8-6-18)34-13-23(31)15-9-16(28)11-17(29)10-15/h3-11,14,20-22,24-25H,12-13H2,1-2H3/b4-3-. The lowest BCUT2D eigenvalue weighted by Gasteiger charge is -2.32. The van der Waals surface area contributed by atoms with Crippen LogP contribution in [0.5, 0.6) is 5.75 Å². The fourth-order valence-electron chi connectivity index (χ4n) is 5.86. The minimum absolute atomic E-state index is 0.107. The average molecular weight is 498 g/mol. The predicted molar refractivity (Wildman–Crippen MR) is 131 cm³/mol. The van der Waals surface area contributed by atoms with Crippen LogP contribution in [-0.4, -0.2) is 24.2 Å². The summed E-state index contributed by atoms with van der Waals surface area (Å²) in [5, 5.41) is 0.757. The Morgan fingerprint density at radius 1 is 1.03 bits per heavy atom. The van der Waals surface area contributed by atoms with Crippen molar-refractivity contribution in [3.05, 3.63) is 70.2 Å². The third kappa shape index (κ3) is 3.95. The first kappa shape index (κ1) is 23.1. The number of fused-ring (bicyclic) bond motifs is 2. The number of carbonyl (C=O) groups excluding carboxylic acids is 3. The van der Waals surface area contributed by atoms with Gasteiger partial charge in [0, 0.05) is 15.6 Å². The molecule has 5 rings (SSSR count). The Bertz CT molecular complexity index is 1170. The second-order valence-corrected chi connectivity index (χ2v) is 10.3. The molecule has 2 amide bonds. The van der Waals surface area contributed by atoms with Crippen molar-refractivity contribution in [3.8, 4) is 5.75 Å². The van der Waals surface area contributed by atoms with E-state index in [9.17, 15) is 14.4 Å². The molecule has 3 aliphatic rings. The van der Waals surface area contributed by atoms with Crippen LogP contribution in [0.15, 0.2) is 54.6 Å². The molecule has 1 aliphatic heterocycles. The molecule has 1 heterocycles. The third-order valence-electron chi connectivity index (χ3n) is 7.50. The van der Waals surface area contributed by atoms with Gasteiger partial charge in [-0.2, -0.15) is 0 Å². The third-order valence-corrected chi connectivity index (χ3v) is 7.94. The summed E-state index contributed by atoms with van der Waals surface area (Å²) in [6.45, 7) is 3.89. The Labute approximate surface area is 208 Å². The van der Waals surface area contributed by atoms with E-state index in [2.05, 4.69) is 13.0 Å². The number of anilines is 1. The SMILES string of the molecule is C/C=C\C1C2CC2C(C)C2C(=O)N(c3ccc(OCC(=O)c4cc(Cl)cc(Cl)c4)cc3)C(=O)C12. The van der Waals surface area contributed by atoms with Crippen LogP contribution >= 0.6 is 23.2 Å². The van der Waals surface area contributed by atoms with E-state index in [1.54, 1.807) is 30.3 Å². The van der Waals surface area contributed by atoms with Gasteiger partial charge in [0.1, 0.15) is 5.75 Å². The van der Waals surface area contributed by atoms with Gasteiger partial charge in [0.2, 0.25) is 11.8 Å². The summed E-state index contributed by atoms with van der Waals surface area (Å²) in [6.07, 6.45) is 5.22. The molecule has 2 saturated carbocycles. The molecule has 6 unspecified atom stereocenters. The van der Waals surface area contributed by atoms with Gasteiger partial charge < -0.3 is 4.74 Å². The summed E-state index contributed by atoms with van der Waals surface area (Å²) in [4.78, 5) is 40.6. The lowest BCUT2D eigenvalue weighted by atomic mass is 9.68. The first-order chi connectivity index (χ1) is 16.3. The molecule has 0 spiro atoms. The zero-order chi connectivity index (χ0) is 24.1. The molecule has 7 heteroatoms. The molecular weight excluding hydrogens is 473 g/mol. The number of ketones is 1. The highest BCUT2D eigenvalue weighted by atomic mass is 35.5.